The van der Waals surface area contributed by atoms with Crippen molar-refractivity contribution in [3.8, 4) is 5.69 Å². The van der Waals surface area contributed by atoms with E-state index in [4.69, 9.17) is 11.6 Å². The van der Waals surface area contributed by atoms with Crippen molar-refractivity contribution in [2.75, 3.05) is 19.0 Å². The number of halogens is 2. The van der Waals surface area contributed by atoms with Crippen molar-refractivity contribution in [2.24, 2.45) is 0 Å². The molecule has 0 aliphatic carbocycles. The number of aromatic nitrogens is 2. The van der Waals surface area contributed by atoms with Gasteiger partial charge in [-0.05, 0) is 12.1 Å². The molecule has 0 saturated heterocycles. The second-order valence-corrected chi connectivity index (χ2v) is 4.46. The summed E-state index contributed by atoms with van der Waals surface area (Å²) in [6.07, 6.45) is 0. The van der Waals surface area contributed by atoms with Crippen LogP contribution in [0, 0.1) is 5.82 Å². The molecule has 1 aromatic carbocycles. The molecule has 0 atom stereocenters. The molecule has 0 fully saturated rings. The van der Waals surface area contributed by atoms with Crippen LogP contribution >= 0.6 is 11.6 Å². The largest absolute Gasteiger partial charge is 0.376 e. The molecular formula is C12H11ClFN3O2. The van der Waals surface area contributed by atoms with Crippen molar-refractivity contribution in [2.45, 2.75) is 0 Å². The average molecular weight is 284 g/mol. The van der Waals surface area contributed by atoms with Crippen LogP contribution in [-0.4, -0.2) is 23.6 Å². The van der Waals surface area contributed by atoms with Crippen molar-refractivity contribution < 1.29 is 4.39 Å². The summed E-state index contributed by atoms with van der Waals surface area (Å²) in [5.41, 5.74) is -0.972. The molecule has 0 radical (unpaired) electrons. The summed E-state index contributed by atoms with van der Waals surface area (Å²) in [6.45, 7) is 0. The Morgan fingerprint density at radius 2 is 1.89 bits per heavy atom. The van der Waals surface area contributed by atoms with Crippen molar-refractivity contribution >= 4 is 17.3 Å². The van der Waals surface area contributed by atoms with Gasteiger partial charge in [-0.15, -0.1) is 0 Å². The molecule has 1 N–H and O–H groups in total. The van der Waals surface area contributed by atoms with E-state index in [2.05, 4.69) is 4.98 Å². The fourth-order valence-corrected chi connectivity index (χ4v) is 1.90. The molecule has 0 saturated carbocycles. The van der Waals surface area contributed by atoms with Gasteiger partial charge in [-0.2, -0.15) is 4.39 Å². The number of aromatic amines is 1. The Bertz CT molecular complexity index is 736. The van der Waals surface area contributed by atoms with Gasteiger partial charge in [0, 0.05) is 14.1 Å². The average Bonchev–Trinajstić information content (AvgIpc) is 2.36. The molecule has 0 amide bonds. The van der Waals surface area contributed by atoms with E-state index in [1.54, 1.807) is 43.3 Å². The second kappa shape index (κ2) is 4.89. The van der Waals surface area contributed by atoms with Crippen molar-refractivity contribution in [1.82, 2.24) is 9.55 Å². The van der Waals surface area contributed by atoms with E-state index in [1.165, 1.54) is 0 Å². The predicted molar refractivity (Wildman–Crippen MR) is 72.0 cm³/mol. The zero-order valence-corrected chi connectivity index (χ0v) is 11.0. The van der Waals surface area contributed by atoms with E-state index in [1.807, 2.05) is 0 Å². The molecule has 19 heavy (non-hydrogen) atoms. The number of nitrogens with one attached hydrogen (secondary N) is 1. The highest BCUT2D eigenvalue weighted by Gasteiger charge is 2.16. The van der Waals surface area contributed by atoms with Crippen LogP contribution in [0.1, 0.15) is 0 Å². The summed E-state index contributed by atoms with van der Waals surface area (Å²) in [7, 11) is 3.51. The molecule has 0 aliphatic heterocycles. The summed E-state index contributed by atoms with van der Waals surface area (Å²) >= 11 is 5.43. The van der Waals surface area contributed by atoms with Gasteiger partial charge in [0.2, 0.25) is 5.82 Å². The van der Waals surface area contributed by atoms with E-state index in [0.717, 1.165) is 4.57 Å². The zero-order valence-electron chi connectivity index (χ0n) is 10.3. The quantitative estimate of drug-likeness (QED) is 0.847. The Labute approximate surface area is 112 Å². The second-order valence-electron chi connectivity index (χ2n) is 4.08. The predicted octanol–water partition coefficient (Wildman–Crippen LogP) is 1.38. The highest BCUT2D eigenvalue weighted by Crippen LogP contribution is 2.20. The molecule has 2 rings (SSSR count). The maximum absolute atomic E-state index is 13.5. The van der Waals surface area contributed by atoms with Crippen LogP contribution in [0.3, 0.4) is 0 Å². The van der Waals surface area contributed by atoms with Crippen molar-refractivity contribution in [3.63, 3.8) is 0 Å². The fourth-order valence-electron chi connectivity index (χ4n) is 1.74. The number of hydrogen-bond donors (Lipinski definition) is 1. The summed E-state index contributed by atoms with van der Waals surface area (Å²) in [4.78, 5) is 27.5. The monoisotopic (exact) mass is 283 g/mol. The molecule has 0 unspecified atom stereocenters. The molecule has 0 spiro atoms. The van der Waals surface area contributed by atoms with Gasteiger partial charge in [0.15, 0.2) is 5.15 Å². The van der Waals surface area contributed by atoms with Gasteiger partial charge in [0.25, 0.3) is 5.56 Å². The molecule has 0 aliphatic rings. The van der Waals surface area contributed by atoms with E-state index in [-0.39, 0.29) is 5.69 Å². The first-order valence-electron chi connectivity index (χ1n) is 5.40. The number of anilines is 1. The van der Waals surface area contributed by atoms with E-state index in [0.29, 0.717) is 5.69 Å². The molecule has 100 valence electrons. The van der Waals surface area contributed by atoms with Crippen molar-refractivity contribution in [3.05, 3.63) is 56.1 Å². The van der Waals surface area contributed by atoms with Crippen LogP contribution in [-0.2, 0) is 0 Å². The highest BCUT2D eigenvalue weighted by atomic mass is 35.5. The SMILES string of the molecule is CN(C)c1ccccc1-n1c(=O)[nH]c(Cl)c(F)c1=O. The number of benzene rings is 1. The third kappa shape index (κ3) is 2.26. The van der Waals surface area contributed by atoms with Gasteiger partial charge in [-0.3, -0.25) is 9.78 Å². The standard InChI is InChI=1S/C12H11ClFN3O2/c1-16(2)7-5-3-4-6-8(7)17-11(18)9(14)10(13)15-12(17)19/h3-6H,1-2H3,(H,15,19). The zero-order chi connectivity index (χ0) is 14.2. The lowest BCUT2D eigenvalue weighted by atomic mass is 10.2. The summed E-state index contributed by atoms with van der Waals surface area (Å²) in [6, 6.07) is 6.68. The first-order chi connectivity index (χ1) is 8.93. The third-order valence-corrected chi connectivity index (χ3v) is 2.87. The van der Waals surface area contributed by atoms with E-state index >= 15 is 0 Å². The Balaban J connectivity index is 2.85. The number of rotatable bonds is 2. The minimum Gasteiger partial charge on any atom is -0.376 e. The fraction of sp³-hybridized carbons (Fsp3) is 0.167. The third-order valence-electron chi connectivity index (χ3n) is 2.61. The van der Waals surface area contributed by atoms with Crippen LogP contribution in [0.5, 0.6) is 0 Å². The first-order valence-corrected chi connectivity index (χ1v) is 5.78. The van der Waals surface area contributed by atoms with Gasteiger partial charge >= 0.3 is 5.69 Å². The molecule has 1 aromatic heterocycles. The van der Waals surface area contributed by atoms with Gasteiger partial charge in [-0.25, -0.2) is 9.36 Å². The van der Waals surface area contributed by atoms with Gasteiger partial charge in [-0.1, -0.05) is 23.7 Å². The number of H-pyrrole nitrogens is 1. The normalized spacial score (nSPS) is 10.5. The lowest BCUT2D eigenvalue weighted by Gasteiger charge is -2.17. The van der Waals surface area contributed by atoms with Crippen LogP contribution in [0.15, 0.2) is 33.9 Å². The van der Waals surface area contributed by atoms with Gasteiger partial charge < -0.3 is 4.90 Å². The number of para-hydroxylation sites is 2. The lowest BCUT2D eigenvalue weighted by Crippen LogP contribution is -2.36. The minimum atomic E-state index is -1.19. The summed E-state index contributed by atoms with van der Waals surface area (Å²) in [5, 5.41) is -0.589. The molecule has 1 heterocycles. The maximum Gasteiger partial charge on any atom is 0.334 e. The van der Waals surface area contributed by atoms with Crippen LogP contribution < -0.4 is 16.1 Å². The Kier molecular flexibility index (Phi) is 3.44. The minimum absolute atomic E-state index is 0.286. The maximum atomic E-state index is 13.5. The Hall–Kier alpha value is -2.08. The van der Waals surface area contributed by atoms with Crippen LogP contribution in [0.4, 0.5) is 10.1 Å². The van der Waals surface area contributed by atoms with E-state index in [9.17, 15) is 14.0 Å². The summed E-state index contributed by atoms with van der Waals surface area (Å²) in [5.74, 6) is -1.19. The van der Waals surface area contributed by atoms with E-state index < -0.39 is 22.2 Å². The molecule has 7 heteroatoms. The Morgan fingerprint density at radius 1 is 1.26 bits per heavy atom. The first kappa shape index (κ1) is 13.4. The molecule has 2 aromatic rings. The van der Waals surface area contributed by atoms with Crippen LogP contribution in [0.2, 0.25) is 5.15 Å². The van der Waals surface area contributed by atoms with Gasteiger partial charge in [0.05, 0.1) is 11.4 Å². The smallest absolute Gasteiger partial charge is 0.334 e. The molecular weight excluding hydrogens is 273 g/mol. The molecule has 0 bridgehead atoms. The Morgan fingerprint density at radius 3 is 2.53 bits per heavy atom. The number of hydrogen-bond acceptors (Lipinski definition) is 3. The lowest BCUT2D eigenvalue weighted by molar-refractivity contribution is 0.584. The number of nitrogens with zero attached hydrogens (tertiary/aromatic N) is 2. The highest BCUT2D eigenvalue weighted by molar-refractivity contribution is 6.29. The summed E-state index contributed by atoms with van der Waals surface area (Å²) < 4.78 is 14.3. The van der Waals surface area contributed by atoms with Crippen molar-refractivity contribution in [1.29, 1.82) is 0 Å². The van der Waals surface area contributed by atoms with Crippen LogP contribution in [0.25, 0.3) is 5.69 Å². The topological polar surface area (TPSA) is 58.1 Å². The van der Waals surface area contributed by atoms with Gasteiger partial charge in [0.1, 0.15) is 0 Å². The molecule has 5 nitrogen and oxygen atoms in total.